The first-order valence-corrected chi connectivity index (χ1v) is 8.81. The van der Waals surface area contributed by atoms with Gasteiger partial charge in [-0.1, -0.05) is 12.1 Å². The number of halogens is 1. The SMILES string of the molecule is COc1cccc(F)c1-n1nnn(C(=O)N(c2cccc(C(=O)O)c2)C(C)C)c1=O. The molecule has 0 spiro atoms. The number of methoxy groups -OCH3 is 1. The van der Waals surface area contributed by atoms with E-state index < -0.39 is 29.5 Å². The van der Waals surface area contributed by atoms with Crippen LogP contribution in [0.4, 0.5) is 14.9 Å². The number of hydrogen-bond acceptors (Lipinski definition) is 6. The number of carbonyl (C=O) groups is 2. The van der Waals surface area contributed by atoms with Crippen LogP contribution < -0.4 is 15.3 Å². The Morgan fingerprint density at radius 3 is 2.50 bits per heavy atom. The minimum atomic E-state index is -1.16. The van der Waals surface area contributed by atoms with Crippen LogP contribution in [0.1, 0.15) is 24.2 Å². The average Bonchev–Trinajstić information content (AvgIpc) is 3.08. The molecule has 10 nitrogen and oxygen atoms in total. The number of carboxylic acid groups (broad SMARTS) is 1. The van der Waals surface area contributed by atoms with E-state index in [0.717, 1.165) is 6.07 Å². The molecule has 0 aliphatic carbocycles. The molecule has 1 aromatic heterocycles. The van der Waals surface area contributed by atoms with Crippen molar-refractivity contribution in [1.29, 1.82) is 0 Å². The van der Waals surface area contributed by atoms with Crippen molar-refractivity contribution in [3.8, 4) is 11.4 Å². The number of aromatic nitrogens is 4. The van der Waals surface area contributed by atoms with Gasteiger partial charge in [-0.05, 0) is 54.6 Å². The van der Waals surface area contributed by atoms with Gasteiger partial charge in [-0.3, -0.25) is 4.90 Å². The van der Waals surface area contributed by atoms with Gasteiger partial charge in [-0.2, -0.15) is 4.68 Å². The number of carboxylic acids is 1. The van der Waals surface area contributed by atoms with Gasteiger partial charge in [0.15, 0.2) is 5.82 Å². The monoisotopic (exact) mass is 415 g/mol. The molecular weight excluding hydrogens is 397 g/mol. The zero-order chi connectivity index (χ0) is 22.0. The van der Waals surface area contributed by atoms with Crippen LogP contribution in [0.3, 0.4) is 0 Å². The van der Waals surface area contributed by atoms with Gasteiger partial charge in [0, 0.05) is 11.7 Å². The Balaban J connectivity index is 2.08. The minimum Gasteiger partial charge on any atom is -0.494 e. The number of benzene rings is 2. The van der Waals surface area contributed by atoms with Crippen molar-refractivity contribution < 1.29 is 23.8 Å². The van der Waals surface area contributed by atoms with Gasteiger partial charge in [0.05, 0.1) is 12.7 Å². The number of tetrazole rings is 1. The highest BCUT2D eigenvalue weighted by atomic mass is 19.1. The molecule has 3 aromatic rings. The van der Waals surface area contributed by atoms with Crippen molar-refractivity contribution in [3.05, 3.63) is 64.3 Å². The summed E-state index contributed by atoms with van der Waals surface area (Å²) in [4.78, 5) is 38.3. The molecule has 0 aliphatic rings. The van der Waals surface area contributed by atoms with Gasteiger partial charge in [-0.15, -0.1) is 4.68 Å². The molecule has 1 N–H and O–H groups in total. The second kappa shape index (κ2) is 8.15. The third-order valence-corrected chi connectivity index (χ3v) is 4.24. The Morgan fingerprint density at radius 2 is 1.87 bits per heavy atom. The van der Waals surface area contributed by atoms with Crippen LogP contribution in [0.5, 0.6) is 5.75 Å². The number of hydrogen-bond donors (Lipinski definition) is 1. The summed E-state index contributed by atoms with van der Waals surface area (Å²) in [6, 6.07) is 8.30. The van der Waals surface area contributed by atoms with E-state index in [1.807, 2.05) is 0 Å². The van der Waals surface area contributed by atoms with Crippen LogP contribution in [-0.4, -0.2) is 50.0 Å². The van der Waals surface area contributed by atoms with Crippen molar-refractivity contribution in [2.45, 2.75) is 19.9 Å². The number of para-hydroxylation sites is 1. The number of nitrogens with zero attached hydrogens (tertiary/aromatic N) is 5. The summed E-state index contributed by atoms with van der Waals surface area (Å²) in [5.74, 6) is -1.92. The van der Waals surface area contributed by atoms with Crippen molar-refractivity contribution >= 4 is 17.7 Å². The molecular formula is C19H18FN5O5. The van der Waals surface area contributed by atoms with Crippen molar-refractivity contribution in [2.24, 2.45) is 0 Å². The topological polar surface area (TPSA) is 120 Å². The zero-order valence-electron chi connectivity index (χ0n) is 16.3. The zero-order valence-corrected chi connectivity index (χ0v) is 16.3. The molecule has 2 aromatic carbocycles. The molecule has 3 rings (SSSR count). The number of rotatable bonds is 5. The highest BCUT2D eigenvalue weighted by molar-refractivity contribution is 5.95. The normalized spacial score (nSPS) is 10.8. The first kappa shape index (κ1) is 20.7. The summed E-state index contributed by atoms with van der Waals surface area (Å²) in [5, 5.41) is 16.4. The largest absolute Gasteiger partial charge is 0.494 e. The van der Waals surface area contributed by atoms with E-state index in [1.54, 1.807) is 13.8 Å². The van der Waals surface area contributed by atoms with Gasteiger partial charge in [0.1, 0.15) is 11.4 Å². The molecule has 0 bridgehead atoms. The van der Waals surface area contributed by atoms with E-state index in [9.17, 15) is 23.9 Å². The molecule has 156 valence electrons. The smallest absolute Gasteiger partial charge is 0.377 e. The fourth-order valence-electron chi connectivity index (χ4n) is 2.89. The van der Waals surface area contributed by atoms with E-state index >= 15 is 0 Å². The van der Waals surface area contributed by atoms with Gasteiger partial charge in [0.25, 0.3) is 0 Å². The molecule has 0 atom stereocenters. The maximum atomic E-state index is 14.3. The van der Waals surface area contributed by atoms with Crippen molar-refractivity contribution in [1.82, 2.24) is 19.8 Å². The second-order valence-corrected chi connectivity index (χ2v) is 6.48. The lowest BCUT2D eigenvalue weighted by Gasteiger charge is -2.25. The average molecular weight is 415 g/mol. The Labute approximate surface area is 169 Å². The summed E-state index contributed by atoms with van der Waals surface area (Å²) in [6.45, 7) is 3.36. The molecule has 0 saturated heterocycles. The van der Waals surface area contributed by atoms with Gasteiger partial charge >= 0.3 is 17.7 Å². The van der Waals surface area contributed by atoms with Gasteiger partial charge in [-0.25, -0.2) is 18.8 Å². The quantitative estimate of drug-likeness (QED) is 0.634. The van der Waals surface area contributed by atoms with E-state index in [4.69, 9.17) is 4.74 Å². The molecule has 0 saturated carbocycles. The number of ether oxygens (including phenoxy) is 1. The van der Waals surface area contributed by atoms with Crippen LogP contribution >= 0.6 is 0 Å². The van der Waals surface area contributed by atoms with Gasteiger partial charge < -0.3 is 9.84 Å². The summed E-state index contributed by atoms with van der Waals surface area (Å²) >= 11 is 0. The number of carbonyl (C=O) groups excluding carboxylic acids is 1. The summed E-state index contributed by atoms with van der Waals surface area (Å²) in [6.07, 6.45) is 0. The fourth-order valence-corrected chi connectivity index (χ4v) is 2.89. The molecule has 1 heterocycles. The predicted molar refractivity (Wildman–Crippen MR) is 104 cm³/mol. The minimum absolute atomic E-state index is 0.0296. The lowest BCUT2D eigenvalue weighted by Crippen LogP contribution is -2.44. The van der Waals surface area contributed by atoms with Crippen LogP contribution in [0.2, 0.25) is 0 Å². The van der Waals surface area contributed by atoms with Crippen LogP contribution in [-0.2, 0) is 0 Å². The molecule has 11 heteroatoms. The van der Waals surface area contributed by atoms with E-state index in [-0.39, 0.29) is 22.7 Å². The third-order valence-electron chi connectivity index (χ3n) is 4.24. The van der Waals surface area contributed by atoms with E-state index in [0.29, 0.717) is 9.36 Å². The number of anilines is 1. The summed E-state index contributed by atoms with van der Waals surface area (Å²) in [5.41, 5.74) is -1.07. The second-order valence-electron chi connectivity index (χ2n) is 6.48. The van der Waals surface area contributed by atoms with Gasteiger partial charge in [0.2, 0.25) is 0 Å². The lowest BCUT2D eigenvalue weighted by molar-refractivity contribution is 0.0697. The Hall–Kier alpha value is -4.02. The maximum Gasteiger partial charge on any atom is 0.377 e. The Kier molecular flexibility index (Phi) is 5.63. The molecule has 0 aliphatic heterocycles. The number of amides is 1. The highest BCUT2D eigenvalue weighted by Crippen LogP contribution is 2.24. The molecule has 1 amide bonds. The first-order valence-electron chi connectivity index (χ1n) is 8.81. The van der Waals surface area contributed by atoms with Crippen LogP contribution in [0, 0.1) is 5.82 Å². The lowest BCUT2D eigenvalue weighted by atomic mass is 10.1. The van der Waals surface area contributed by atoms with E-state index in [2.05, 4.69) is 10.4 Å². The molecule has 0 fully saturated rings. The van der Waals surface area contributed by atoms with Crippen LogP contribution in [0.25, 0.3) is 5.69 Å². The standard InChI is InChI=1S/C19H18FN5O5/c1-11(2)23(13-7-4-6-12(10-13)17(26)27)18(28)25-19(29)24(21-22-25)16-14(20)8-5-9-15(16)30-3/h4-11H,1-3H3,(H,26,27). The third kappa shape index (κ3) is 3.64. The number of aromatic carboxylic acids is 1. The maximum absolute atomic E-state index is 14.3. The molecule has 0 unspecified atom stereocenters. The fraction of sp³-hybridized carbons (Fsp3) is 0.211. The Morgan fingerprint density at radius 1 is 1.17 bits per heavy atom. The highest BCUT2D eigenvalue weighted by Gasteiger charge is 2.27. The first-order chi connectivity index (χ1) is 14.3. The van der Waals surface area contributed by atoms with Crippen LogP contribution in [0.15, 0.2) is 47.3 Å². The summed E-state index contributed by atoms with van der Waals surface area (Å²) < 4.78 is 20.5. The summed E-state index contributed by atoms with van der Waals surface area (Å²) in [7, 11) is 1.30. The van der Waals surface area contributed by atoms with Crippen molar-refractivity contribution in [2.75, 3.05) is 12.0 Å². The molecule has 30 heavy (non-hydrogen) atoms. The molecule has 0 radical (unpaired) electrons. The Bertz CT molecular complexity index is 1170. The predicted octanol–water partition coefficient (Wildman–Crippen LogP) is 2.16. The van der Waals surface area contributed by atoms with E-state index in [1.165, 1.54) is 48.4 Å². The van der Waals surface area contributed by atoms with Crippen molar-refractivity contribution in [3.63, 3.8) is 0 Å².